The lowest BCUT2D eigenvalue weighted by Crippen LogP contribution is -2.13. The molecule has 0 radical (unpaired) electrons. The monoisotopic (exact) mass is 579 g/mol. The van der Waals surface area contributed by atoms with E-state index in [1.54, 1.807) is 60.7 Å². The lowest BCUT2D eigenvalue weighted by Gasteiger charge is -2.18. The van der Waals surface area contributed by atoms with Gasteiger partial charge in [-0.25, -0.2) is 13.4 Å². The predicted molar refractivity (Wildman–Crippen MR) is 155 cm³/mol. The molecule has 0 saturated carbocycles. The Hall–Kier alpha value is -4.97. The summed E-state index contributed by atoms with van der Waals surface area (Å²) in [7, 11) is 3.23. The third kappa shape index (κ3) is 6.79. The second kappa shape index (κ2) is 12.9. The van der Waals surface area contributed by atoms with Crippen LogP contribution in [0.25, 0.3) is 17.5 Å². The predicted octanol–water partition coefficient (Wildman–Crippen LogP) is 5.39. The normalized spacial score (nSPS) is 11.1. The van der Waals surface area contributed by atoms with Gasteiger partial charge in [0.15, 0.2) is 34.6 Å². The molecule has 1 aromatic heterocycles. The third-order valence-electron chi connectivity index (χ3n) is 5.71. The summed E-state index contributed by atoms with van der Waals surface area (Å²) < 4.78 is 62.2. The third-order valence-corrected chi connectivity index (χ3v) is 6.68. The lowest BCUT2D eigenvalue weighted by atomic mass is 10.1. The van der Waals surface area contributed by atoms with Crippen molar-refractivity contribution in [1.29, 1.82) is 0 Å². The van der Waals surface area contributed by atoms with E-state index in [9.17, 15) is 8.42 Å². The van der Waals surface area contributed by atoms with Gasteiger partial charge in [0.05, 0.1) is 41.0 Å². The first-order chi connectivity index (χ1) is 19.8. The van der Waals surface area contributed by atoms with Crippen LogP contribution >= 0.6 is 0 Å². The highest BCUT2D eigenvalue weighted by molar-refractivity contribution is 7.95. The molecule has 0 amide bonds. The van der Waals surface area contributed by atoms with Crippen LogP contribution in [-0.4, -0.2) is 53.9 Å². The zero-order valence-electron chi connectivity index (χ0n) is 23.1. The van der Waals surface area contributed by atoms with Gasteiger partial charge in [-0.1, -0.05) is 42.5 Å². The van der Waals surface area contributed by atoms with Crippen LogP contribution < -0.4 is 33.1 Å². The van der Waals surface area contributed by atoms with E-state index in [1.807, 2.05) is 6.07 Å². The highest BCUT2D eigenvalue weighted by atomic mass is 32.2. The van der Waals surface area contributed by atoms with E-state index in [-0.39, 0.29) is 29.0 Å². The number of anilines is 1. The molecule has 3 aromatic carbocycles. The average molecular weight is 580 g/mol. The minimum absolute atomic E-state index is 0.0422. The van der Waals surface area contributed by atoms with Crippen LogP contribution in [0.4, 0.5) is 5.82 Å². The van der Waals surface area contributed by atoms with Crippen molar-refractivity contribution in [3.8, 4) is 51.8 Å². The zero-order valence-corrected chi connectivity index (χ0v) is 23.9. The number of nitrogens with one attached hydrogen (secondary N) is 1. The fraction of sp³-hybridized carbons (Fsp3) is 0.172. The highest BCUT2D eigenvalue weighted by Crippen LogP contribution is 2.44. The van der Waals surface area contributed by atoms with Gasteiger partial charge in [0.25, 0.3) is 15.9 Å². The Morgan fingerprint density at radius 1 is 0.683 bits per heavy atom. The Balaban J connectivity index is 1.87. The fourth-order valence-corrected chi connectivity index (χ4v) is 4.60. The number of nitrogens with zero attached hydrogens (tertiary/aromatic N) is 2. The molecule has 4 aromatic rings. The van der Waals surface area contributed by atoms with E-state index in [1.165, 1.54) is 41.6 Å². The topological polar surface area (TPSA) is 127 Å². The molecule has 1 heterocycles. The van der Waals surface area contributed by atoms with Crippen LogP contribution in [0.2, 0.25) is 0 Å². The molecule has 4 rings (SSSR count). The molecule has 1 N–H and O–H groups in total. The van der Waals surface area contributed by atoms with Crippen molar-refractivity contribution in [3.63, 3.8) is 0 Å². The summed E-state index contributed by atoms with van der Waals surface area (Å²) in [5.74, 6) is 1.57. The fourth-order valence-electron chi connectivity index (χ4n) is 3.78. The van der Waals surface area contributed by atoms with Crippen molar-refractivity contribution in [2.24, 2.45) is 0 Å². The number of rotatable bonds is 12. The molecule has 0 atom stereocenters. The van der Waals surface area contributed by atoms with E-state index in [0.717, 1.165) is 5.41 Å². The van der Waals surface area contributed by atoms with Gasteiger partial charge in [-0.3, -0.25) is 4.72 Å². The van der Waals surface area contributed by atoms with Gasteiger partial charge in [0.2, 0.25) is 11.5 Å². The van der Waals surface area contributed by atoms with E-state index in [0.29, 0.717) is 34.1 Å². The van der Waals surface area contributed by atoms with Gasteiger partial charge >= 0.3 is 0 Å². The van der Waals surface area contributed by atoms with Crippen molar-refractivity contribution in [2.45, 2.75) is 0 Å². The largest absolute Gasteiger partial charge is 0.493 e. The summed E-state index contributed by atoms with van der Waals surface area (Å²) in [6.45, 7) is 0. The standard InChI is InChI=1S/C29H29N3O8S/c1-35-21-13-9-10-14-22(21)40-26-28(32-41(33,34)16-15-19-11-7-6-8-12-19)30-27(31-29(26)39-5)20-17-23(36-2)25(38-4)24(18-20)37-3/h6-18H,1-5H3,(H,30,31,32). The first-order valence-corrected chi connectivity index (χ1v) is 13.7. The molecule has 0 aliphatic rings. The van der Waals surface area contributed by atoms with Gasteiger partial charge in [0.1, 0.15) is 0 Å². The number of hydrogen-bond acceptors (Lipinski definition) is 10. The second-order valence-corrected chi connectivity index (χ2v) is 9.83. The molecule has 12 heteroatoms. The molecule has 0 spiro atoms. The number of methoxy groups -OCH3 is 5. The molecule has 11 nitrogen and oxygen atoms in total. The summed E-state index contributed by atoms with van der Waals surface area (Å²) in [5, 5.41) is 1.03. The number of benzene rings is 3. The molecular weight excluding hydrogens is 550 g/mol. The van der Waals surface area contributed by atoms with Crippen LogP contribution in [0, 0.1) is 0 Å². The Kier molecular flexibility index (Phi) is 9.15. The molecule has 0 bridgehead atoms. The molecule has 0 unspecified atom stereocenters. The van der Waals surface area contributed by atoms with E-state index in [4.69, 9.17) is 28.4 Å². The van der Waals surface area contributed by atoms with Crippen LogP contribution in [0.5, 0.6) is 40.4 Å². The van der Waals surface area contributed by atoms with Crippen LogP contribution in [0.15, 0.2) is 72.1 Å². The molecular formula is C29H29N3O8S. The summed E-state index contributed by atoms with van der Waals surface area (Å²) in [6, 6.07) is 19.1. The van der Waals surface area contributed by atoms with Crippen LogP contribution in [0.1, 0.15) is 5.56 Å². The quantitative estimate of drug-likeness (QED) is 0.233. The summed E-state index contributed by atoms with van der Waals surface area (Å²) in [6.07, 6.45) is 1.46. The average Bonchev–Trinajstić information content (AvgIpc) is 3.00. The smallest absolute Gasteiger partial charge is 0.263 e. The van der Waals surface area contributed by atoms with Crippen molar-refractivity contribution in [2.75, 3.05) is 40.3 Å². The van der Waals surface area contributed by atoms with Gasteiger partial charge in [-0.05, 0) is 35.9 Å². The maximum absolute atomic E-state index is 13.2. The maximum Gasteiger partial charge on any atom is 0.263 e. The Morgan fingerprint density at radius 2 is 1.29 bits per heavy atom. The minimum atomic E-state index is -4.08. The SMILES string of the molecule is COc1ccccc1Oc1c(NS(=O)(=O)C=Cc2ccccc2)nc(-c2cc(OC)c(OC)c(OC)c2)nc1OC. The molecule has 0 aliphatic heterocycles. The summed E-state index contributed by atoms with van der Waals surface area (Å²) in [4.78, 5) is 9.02. The molecule has 0 aliphatic carbocycles. The van der Waals surface area contributed by atoms with E-state index < -0.39 is 10.0 Å². The second-order valence-electron chi connectivity index (χ2n) is 8.26. The first-order valence-electron chi connectivity index (χ1n) is 12.2. The van der Waals surface area contributed by atoms with Gasteiger partial charge in [0, 0.05) is 5.56 Å². The Morgan fingerprint density at radius 3 is 1.88 bits per heavy atom. The molecule has 41 heavy (non-hydrogen) atoms. The first kappa shape index (κ1) is 29.0. The van der Waals surface area contributed by atoms with Crippen molar-refractivity contribution >= 4 is 21.9 Å². The van der Waals surface area contributed by atoms with Crippen molar-refractivity contribution in [1.82, 2.24) is 9.97 Å². The number of hydrogen-bond donors (Lipinski definition) is 1. The summed E-state index contributed by atoms with van der Waals surface area (Å²) >= 11 is 0. The van der Waals surface area contributed by atoms with E-state index in [2.05, 4.69) is 14.7 Å². The van der Waals surface area contributed by atoms with Gasteiger partial charge in [-0.15, -0.1) is 0 Å². The number of aromatic nitrogens is 2. The van der Waals surface area contributed by atoms with Crippen molar-refractivity contribution in [3.05, 3.63) is 77.7 Å². The Labute approximate surface area is 238 Å². The van der Waals surface area contributed by atoms with Crippen LogP contribution in [-0.2, 0) is 10.0 Å². The summed E-state index contributed by atoms with van der Waals surface area (Å²) in [5.41, 5.74) is 1.13. The minimum Gasteiger partial charge on any atom is -0.493 e. The molecule has 0 saturated heterocycles. The maximum atomic E-state index is 13.2. The molecule has 214 valence electrons. The van der Waals surface area contributed by atoms with E-state index >= 15 is 0 Å². The van der Waals surface area contributed by atoms with Crippen molar-refractivity contribution < 1.29 is 36.8 Å². The van der Waals surface area contributed by atoms with Gasteiger partial charge < -0.3 is 28.4 Å². The molecule has 0 fully saturated rings. The van der Waals surface area contributed by atoms with Gasteiger partial charge in [-0.2, -0.15) is 4.98 Å². The number of ether oxygens (including phenoxy) is 6. The number of sulfonamides is 1. The van der Waals surface area contributed by atoms with Crippen LogP contribution in [0.3, 0.4) is 0 Å². The highest BCUT2D eigenvalue weighted by Gasteiger charge is 2.24. The Bertz CT molecular complexity index is 1620. The zero-order chi connectivity index (χ0) is 29.4. The number of para-hydroxylation sites is 2. The lowest BCUT2D eigenvalue weighted by molar-refractivity contribution is 0.324.